The number of halogens is 1. The molecule has 7 nitrogen and oxygen atoms in total. The van der Waals surface area contributed by atoms with Gasteiger partial charge in [-0.25, -0.2) is 9.59 Å². The molecule has 2 rings (SSSR count). The molecule has 0 heterocycles. The minimum Gasteiger partial charge on any atom is -0.449 e. The number of ether oxygens (including phenoxy) is 1. The van der Waals surface area contributed by atoms with Crippen molar-refractivity contribution in [3.63, 3.8) is 0 Å². The molecule has 26 heavy (non-hydrogen) atoms. The molecule has 8 heteroatoms. The fourth-order valence-electron chi connectivity index (χ4n) is 2.12. The highest BCUT2D eigenvalue weighted by Crippen LogP contribution is 2.18. The van der Waals surface area contributed by atoms with Gasteiger partial charge in [0.15, 0.2) is 11.9 Å². The van der Waals surface area contributed by atoms with Gasteiger partial charge in [-0.1, -0.05) is 29.8 Å². The molecule has 1 atom stereocenters. The number of primary amides is 1. The van der Waals surface area contributed by atoms with E-state index in [1.165, 1.54) is 31.2 Å². The largest absolute Gasteiger partial charge is 0.449 e. The molecule has 0 unspecified atom stereocenters. The van der Waals surface area contributed by atoms with E-state index in [-0.39, 0.29) is 11.1 Å². The van der Waals surface area contributed by atoms with Gasteiger partial charge in [-0.3, -0.25) is 14.9 Å². The van der Waals surface area contributed by atoms with Crippen molar-refractivity contribution < 1.29 is 23.9 Å². The third kappa shape index (κ3) is 4.67. The van der Waals surface area contributed by atoms with E-state index >= 15 is 0 Å². The summed E-state index contributed by atoms with van der Waals surface area (Å²) in [7, 11) is 0. The first-order valence-corrected chi connectivity index (χ1v) is 7.88. The Morgan fingerprint density at radius 3 is 2.15 bits per heavy atom. The Labute approximate surface area is 154 Å². The number of ketones is 1. The summed E-state index contributed by atoms with van der Waals surface area (Å²) in [5.74, 6) is -2.15. The van der Waals surface area contributed by atoms with Gasteiger partial charge in [-0.2, -0.15) is 0 Å². The van der Waals surface area contributed by atoms with Gasteiger partial charge in [-0.15, -0.1) is 0 Å². The summed E-state index contributed by atoms with van der Waals surface area (Å²) in [6, 6.07) is 11.2. The lowest BCUT2D eigenvalue weighted by Gasteiger charge is -2.13. The van der Waals surface area contributed by atoms with Gasteiger partial charge in [0.25, 0.3) is 5.91 Å². The Morgan fingerprint density at radius 2 is 1.58 bits per heavy atom. The average molecular weight is 375 g/mol. The SMILES string of the molecule is C[C@H](OC(=O)c1ccccc1C(=O)c1ccc(Cl)cc1)C(=O)NC(N)=O. The number of imide groups is 1. The first-order valence-electron chi connectivity index (χ1n) is 7.50. The molecule has 3 amide bonds. The number of carbonyl (C=O) groups excluding carboxylic acids is 4. The first-order chi connectivity index (χ1) is 12.3. The number of hydrogen-bond donors (Lipinski definition) is 2. The van der Waals surface area contributed by atoms with Crippen LogP contribution in [0.2, 0.25) is 5.02 Å². The van der Waals surface area contributed by atoms with Crippen molar-refractivity contribution in [1.82, 2.24) is 5.32 Å². The maximum absolute atomic E-state index is 12.7. The van der Waals surface area contributed by atoms with Crippen LogP contribution in [0.5, 0.6) is 0 Å². The maximum atomic E-state index is 12.7. The number of carbonyl (C=O) groups is 4. The summed E-state index contributed by atoms with van der Waals surface area (Å²) in [4.78, 5) is 47.3. The lowest BCUT2D eigenvalue weighted by molar-refractivity contribution is -0.127. The van der Waals surface area contributed by atoms with E-state index in [2.05, 4.69) is 0 Å². The van der Waals surface area contributed by atoms with Crippen LogP contribution in [0.4, 0.5) is 4.79 Å². The van der Waals surface area contributed by atoms with Gasteiger partial charge in [0, 0.05) is 16.1 Å². The fraction of sp³-hybridized carbons (Fsp3) is 0.111. The van der Waals surface area contributed by atoms with Crippen molar-refractivity contribution in [1.29, 1.82) is 0 Å². The van der Waals surface area contributed by atoms with Gasteiger partial charge in [0.1, 0.15) is 0 Å². The molecule has 0 saturated heterocycles. The third-order valence-corrected chi connectivity index (χ3v) is 3.65. The zero-order valence-electron chi connectivity index (χ0n) is 13.7. The van der Waals surface area contributed by atoms with Crippen LogP contribution < -0.4 is 11.1 Å². The maximum Gasteiger partial charge on any atom is 0.339 e. The number of nitrogens with one attached hydrogen (secondary N) is 1. The molecule has 0 saturated carbocycles. The Bertz CT molecular complexity index is 864. The Balaban J connectivity index is 2.24. The molecule has 2 aromatic carbocycles. The predicted octanol–water partition coefficient (Wildman–Crippen LogP) is 2.31. The molecule has 0 aliphatic rings. The van der Waals surface area contributed by atoms with Gasteiger partial charge < -0.3 is 10.5 Å². The van der Waals surface area contributed by atoms with Crippen molar-refractivity contribution in [3.8, 4) is 0 Å². The number of urea groups is 1. The van der Waals surface area contributed by atoms with Crippen LogP contribution >= 0.6 is 11.6 Å². The number of esters is 1. The van der Waals surface area contributed by atoms with Crippen molar-refractivity contribution >= 4 is 35.3 Å². The molecule has 0 radical (unpaired) electrons. The van der Waals surface area contributed by atoms with E-state index in [9.17, 15) is 19.2 Å². The summed E-state index contributed by atoms with van der Waals surface area (Å²) < 4.78 is 5.01. The minimum absolute atomic E-state index is 0.00817. The van der Waals surface area contributed by atoms with Crippen LogP contribution in [-0.2, 0) is 9.53 Å². The standard InChI is InChI=1S/C18H15ClN2O5/c1-10(16(23)21-18(20)25)26-17(24)14-5-3-2-4-13(14)15(22)11-6-8-12(19)9-7-11/h2-10H,1H3,(H3,20,21,23,25)/t10-/m0/s1. The van der Waals surface area contributed by atoms with Crippen LogP contribution in [0.3, 0.4) is 0 Å². The molecule has 2 aromatic rings. The zero-order valence-corrected chi connectivity index (χ0v) is 14.4. The first kappa shape index (κ1) is 19.1. The number of hydrogen-bond acceptors (Lipinski definition) is 5. The number of rotatable bonds is 5. The van der Waals surface area contributed by atoms with E-state index in [0.717, 1.165) is 0 Å². The monoisotopic (exact) mass is 374 g/mol. The van der Waals surface area contributed by atoms with Crippen molar-refractivity contribution in [2.24, 2.45) is 5.73 Å². The number of nitrogens with two attached hydrogens (primary N) is 1. The van der Waals surface area contributed by atoms with Gasteiger partial charge >= 0.3 is 12.0 Å². The number of amides is 3. The van der Waals surface area contributed by atoms with Gasteiger partial charge in [-0.05, 0) is 37.3 Å². The quantitative estimate of drug-likeness (QED) is 0.615. The summed E-state index contributed by atoms with van der Waals surface area (Å²) in [6.07, 6.45) is -1.27. The predicted molar refractivity (Wildman–Crippen MR) is 93.9 cm³/mol. The normalized spacial score (nSPS) is 11.3. The highest BCUT2D eigenvalue weighted by atomic mass is 35.5. The second-order valence-corrected chi connectivity index (χ2v) is 5.72. The van der Waals surface area contributed by atoms with Crippen LogP contribution in [0, 0.1) is 0 Å². The molecule has 0 bridgehead atoms. The average Bonchev–Trinajstić information content (AvgIpc) is 2.61. The van der Waals surface area contributed by atoms with Crippen LogP contribution in [0.1, 0.15) is 33.2 Å². The van der Waals surface area contributed by atoms with Crippen LogP contribution in [0.15, 0.2) is 48.5 Å². The van der Waals surface area contributed by atoms with E-state index in [1.54, 1.807) is 24.3 Å². The summed E-state index contributed by atoms with van der Waals surface area (Å²) >= 11 is 5.81. The van der Waals surface area contributed by atoms with Crippen LogP contribution in [0.25, 0.3) is 0 Å². The highest BCUT2D eigenvalue weighted by Gasteiger charge is 2.24. The van der Waals surface area contributed by atoms with E-state index in [4.69, 9.17) is 22.1 Å². The van der Waals surface area contributed by atoms with Crippen molar-refractivity contribution in [2.75, 3.05) is 0 Å². The van der Waals surface area contributed by atoms with Crippen molar-refractivity contribution in [3.05, 3.63) is 70.2 Å². The third-order valence-electron chi connectivity index (χ3n) is 3.40. The molecule has 0 aromatic heterocycles. The van der Waals surface area contributed by atoms with E-state index in [0.29, 0.717) is 10.6 Å². The summed E-state index contributed by atoms with van der Waals surface area (Å²) in [5.41, 5.74) is 5.29. The fourth-order valence-corrected chi connectivity index (χ4v) is 2.24. The molecule has 0 spiro atoms. The number of benzene rings is 2. The molecule has 134 valence electrons. The van der Waals surface area contributed by atoms with E-state index in [1.807, 2.05) is 5.32 Å². The Kier molecular flexibility index (Phi) is 6.08. The molecular weight excluding hydrogens is 360 g/mol. The lowest BCUT2D eigenvalue weighted by atomic mass is 9.98. The Morgan fingerprint density at radius 1 is 1.00 bits per heavy atom. The second kappa shape index (κ2) is 8.26. The molecular formula is C18H15ClN2O5. The van der Waals surface area contributed by atoms with Gasteiger partial charge in [0.05, 0.1) is 5.56 Å². The smallest absolute Gasteiger partial charge is 0.339 e. The Hall–Kier alpha value is -3.19. The lowest BCUT2D eigenvalue weighted by Crippen LogP contribution is -2.42. The molecule has 0 aliphatic carbocycles. The van der Waals surface area contributed by atoms with Gasteiger partial charge in [0.2, 0.25) is 0 Å². The minimum atomic E-state index is -1.27. The van der Waals surface area contributed by atoms with Crippen LogP contribution in [-0.4, -0.2) is 29.8 Å². The van der Waals surface area contributed by atoms with E-state index < -0.39 is 29.8 Å². The summed E-state index contributed by atoms with van der Waals surface area (Å²) in [6.45, 7) is 1.28. The van der Waals surface area contributed by atoms with Crippen molar-refractivity contribution in [2.45, 2.75) is 13.0 Å². The molecule has 0 fully saturated rings. The molecule has 0 aliphatic heterocycles. The zero-order chi connectivity index (χ0) is 19.3. The topological polar surface area (TPSA) is 116 Å². The summed E-state index contributed by atoms with van der Waals surface area (Å²) in [5, 5.41) is 2.29. The highest BCUT2D eigenvalue weighted by molar-refractivity contribution is 6.30. The second-order valence-electron chi connectivity index (χ2n) is 5.28. The molecule has 3 N–H and O–H groups in total.